The first-order valence-corrected chi connectivity index (χ1v) is 7.24. The first-order valence-electron chi connectivity index (χ1n) is 6.45. The Morgan fingerprint density at radius 1 is 1.24 bits per heavy atom. The van der Waals surface area contributed by atoms with E-state index in [1.165, 1.54) is 12.1 Å². The Labute approximate surface area is 132 Å². The molecule has 108 valence electrons. The predicted molar refractivity (Wildman–Crippen MR) is 86.5 cm³/mol. The van der Waals surface area contributed by atoms with Gasteiger partial charge in [0.05, 0.1) is 12.2 Å². The Morgan fingerprint density at radius 3 is 2.48 bits per heavy atom. The van der Waals surface area contributed by atoms with Crippen LogP contribution in [0.25, 0.3) is 0 Å². The van der Waals surface area contributed by atoms with E-state index < -0.39 is 0 Å². The van der Waals surface area contributed by atoms with Gasteiger partial charge in [-0.2, -0.15) is 0 Å². The minimum absolute atomic E-state index is 0.189. The van der Waals surface area contributed by atoms with E-state index in [9.17, 15) is 9.18 Å². The SMILES string of the molecule is C=C(C)C(=O)N(Cc1ccccc1)c1ccc(F)cc1Br. The highest BCUT2D eigenvalue weighted by Gasteiger charge is 2.19. The zero-order chi connectivity index (χ0) is 15.4. The van der Waals surface area contributed by atoms with E-state index in [1.807, 2.05) is 30.3 Å². The summed E-state index contributed by atoms with van der Waals surface area (Å²) in [6.45, 7) is 5.77. The second kappa shape index (κ2) is 6.68. The number of halogens is 2. The second-order valence-corrected chi connectivity index (χ2v) is 5.61. The summed E-state index contributed by atoms with van der Waals surface area (Å²) in [6, 6.07) is 13.9. The third-order valence-electron chi connectivity index (χ3n) is 2.99. The summed E-state index contributed by atoms with van der Waals surface area (Å²) in [5.41, 5.74) is 2.04. The average molecular weight is 348 g/mol. The molecule has 0 radical (unpaired) electrons. The van der Waals surface area contributed by atoms with Gasteiger partial charge < -0.3 is 4.90 Å². The number of anilines is 1. The number of rotatable bonds is 4. The summed E-state index contributed by atoms with van der Waals surface area (Å²) < 4.78 is 13.8. The van der Waals surface area contributed by atoms with Crippen molar-refractivity contribution in [2.75, 3.05) is 4.90 Å². The van der Waals surface area contributed by atoms with Gasteiger partial charge in [0, 0.05) is 10.0 Å². The highest BCUT2D eigenvalue weighted by molar-refractivity contribution is 9.10. The highest BCUT2D eigenvalue weighted by atomic mass is 79.9. The van der Waals surface area contributed by atoms with Crippen molar-refractivity contribution in [3.63, 3.8) is 0 Å². The van der Waals surface area contributed by atoms with Crippen molar-refractivity contribution in [3.8, 4) is 0 Å². The van der Waals surface area contributed by atoms with Gasteiger partial charge >= 0.3 is 0 Å². The molecule has 2 nitrogen and oxygen atoms in total. The molecule has 2 aromatic carbocycles. The lowest BCUT2D eigenvalue weighted by Crippen LogP contribution is -2.31. The fourth-order valence-electron chi connectivity index (χ4n) is 1.96. The molecule has 0 aliphatic carbocycles. The molecule has 2 aromatic rings. The van der Waals surface area contributed by atoms with Crippen LogP contribution in [0.3, 0.4) is 0 Å². The predicted octanol–water partition coefficient (Wildman–Crippen LogP) is 4.70. The summed E-state index contributed by atoms with van der Waals surface area (Å²) in [5, 5.41) is 0. The molecule has 0 aromatic heterocycles. The Kier molecular flexibility index (Phi) is 4.91. The van der Waals surface area contributed by atoms with E-state index in [1.54, 1.807) is 17.9 Å². The number of carbonyl (C=O) groups is 1. The van der Waals surface area contributed by atoms with Crippen molar-refractivity contribution in [3.05, 3.63) is 76.5 Å². The van der Waals surface area contributed by atoms with Gasteiger partial charge in [0.2, 0.25) is 0 Å². The molecule has 0 saturated heterocycles. The van der Waals surface area contributed by atoms with E-state index >= 15 is 0 Å². The zero-order valence-electron chi connectivity index (χ0n) is 11.6. The minimum atomic E-state index is -0.354. The summed E-state index contributed by atoms with van der Waals surface area (Å²) in [6.07, 6.45) is 0. The normalized spacial score (nSPS) is 10.2. The largest absolute Gasteiger partial charge is 0.303 e. The lowest BCUT2D eigenvalue weighted by molar-refractivity contribution is -0.115. The molecule has 0 atom stereocenters. The van der Waals surface area contributed by atoms with Crippen LogP contribution in [0, 0.1) is 5.82 Å². The summed E-state index contributed by atoms with van der Waals surface area (Å²) in [4.78, 5) is 14.0. The average Bonchev–Trinajstić information content (AvgIpc) is 2.45. The number of carbonyl (C=O) groups excluding carboxylic acids is 1. The van der Waals surface area contributed by atoms with Gasteiger partial charge in [-0.15, -0.1) is 0 Å². The van der Waals surface area contributed by atoms with E-state index in [-0.39, 0.29) is 11.7 Å². The van der Waals surface area contributed by atoms with Gasteiger partial charge in [-0.05, 0) is 46.6 Å². The smallest absolute Gasteiger partial charge is 0.253 e. The molecule has 4 heteroatoms. The third-order valence-corrected chi connectivity index (χ3v) is 3.63. The van der Waals surface area contributed by atoms with Crippen molar-refractivity contribution >= 4 is 27.5 Å². The zero-order valence-corrected chi connectivity index (χ0v) is 13.2. The Morgan fingerprint density at radius 2 is 1.90 bits per heavy atom. The Hall–Kier alpha value is -1.94. The van der Waals surface area contributed by atoms with Gasteiger partial charge in [-0.25, -0.2) is 4.39 Å². The van der Waals surface area contributed by atoms with Crippen LogP contribution in [0.1, 0.15) is 12.5 Å². The first kappa shape index (κ1) is 15.4. The summed E-state index contributed by atoms with van der Waals surface area (Å²) in [7, 11) is 0. The summed E-state index contributed by atoms with van der Waals surface area (Å²) in [5.74, 6) is -0.542. The van der Waals surface area contributed by atoms with Crippen LogP contribution in [0.5, 0.6) is 0 Å². The lowest BCUT2D eigenvalue weighted by atomic mass is 10.1. The molecule has 0 aliphatic rings. The van der Waals surface area contributed by atoms with Crippen LogP contribution in [-0.2, 0) is 11.3 Å². The molecule has 2 rings (SSSR count). The lowest BCUT2D eigenvalue weighted by Gasteiger charge is -2.24. The van der Waals surface area contributed by atoms with E-state index in [4.69, 9.17) is 0 Å². The number of nitrogens with zero attached hydrogens (tertiary/aromatic N) is 1. The molecule has 0 N–H and O–H groups in total. The maximum absolute atomic E-state index is 13.2. The molecule has 0 spiro atoms. The molecule has 0 unspecified atom stereocenters. The van der Waals surface area contributed by atoms with Crippen molar-refractivity contribution in [1.29, 1.82) is 0 Å². The molecular formula is C17H15BrFNO. The molecule has 0 saturated carbocycles. The van der Waals surface area contributed by atoms with E-state index in [0.29, 0.717) is 22.3 Å². The standard InChI is InChI=1S/C17H15BrFNO/c1-12(2)17(21)20(11-13-6-4-3-5-7-13)16-9-8-14(19)10-15(16)18/h3-10H,1,11H2,2H3. The fraction of sp³-hybridized carbons (Fsp3) is 0.118. The highest BCUT2D eigenvalue weighted by Crippen LogP contribution is 2.29. The number of benzene rings is 2. The van der Waals surface area contributed by atoms with E-state index in [0.717, 1.165) is 5.56 Å². The van der Waals surface area contributed by atoms with Gasteiger partial charge in [-0.1, -0.05) is 36.9 Å². The van der Waals surface area contributed by atoms with Crippen LogP contribution in [0.15, 0.2) is 65.2 Å². The minimum Gasteiger partial charge on any atom is -0.303 e. The molecule has 21 heavy (non-hydrogen) atoms. The number of hydrogen-bond donors (Lipinski definition) is 0. The maximum atomic E-state index is 13.2. The topological polar surface area (TPSA) is 20.3 Å². The first-order chi connectivity index (χ1) is 9.99. The molecule has 0 heterocycles. The van der Waals surface area contributed by atoms with Crippen LogP contribution >= 0.6 is 15.9 Å². The molecule has 0 fully saturated rings. The quantitative estimate of drug-likeness (QED) is 0.734. The van der Waals surface area contributed by atoms with Crippen LogP contribution in [0.4, 0.5) is 10.1 Å². The molecule has 0 bridgehead atoms. The van der Waals surface area contributed by atoms with Gasteiger partial charge in [-0.3, -0.25) is 4.79 Å². The third kappa shape index (κ3) is 3.79. The van der Waals surface area contributed by atoms with Crippen molar-refractivity contribution in [2.45, 2.75) is 13.5 Å². The van der Waals surface area contributed by atoms with E-state index in [2.05, 4.69) is 22.5 Å². The van der Waals surface area contributed by atoms with Crippen LogP contribution in [0.2, 0.25) is 0 Å². The molecule has 1 amide bonds. The Balaban J connectivity index is 2.41. The van der Waals surface area contributed by atoms with Crippen LogP contribution < -0.4 is 4.90 Å². The number of amides is 1. The number of hydrogen-bond acceptors (Lipinski definition) is 1. The van der Waals surface area contributed by atoms with Crippen molar-refractivity contribution in [2.24, 2.45) is 0 Å². The monoisotopic (exact) mass is 347 g/mol. The van der Waals surface area contributed by atoms with Crippen molar-refractivity contribution < 1.29 is 9.18 Å². The summed E-state index contributed by atoms with van der Waals surface area (Å²) >= 11 is 3.31. The maximum Gasteiger partial charge on any atom is 0.253 e. The van der Waals surface area contributed by atoms with Gasteiger partial charge in [0.25, 0.3) is 5.91 Å². The van der Waals surface area contributed by atoms with Gasteiger partial charge in [0.15, 0.2) is 0 Å². The Bertz CT molecular complexity index is 670. The van der Waals surface area contributed by atoms with Crippen LogP contribution in [-0.4, -0.2) is 5.91 Å². The molecular weight excluding hydrogens is 333 g/mol. The van der Waals surface area contributed by atoms with Crippen molar-refractivity contribution in [1.82, 2.24) is 0 Å². The second-order valence-electron chi connectivity index (χ2n) is 4.75. The van der Waals surface area contributed by atoms with Gasteiger partial charge in [0.1, 0.15) is 5.82 Å². The molecule has 0 aliphatic heterocycles. The fourth-order valence-corrected chi connectivity index (χ4v) is 2.53.